The highest BCUT2D eigenvalue weighted by Gasteiger charge is 2.18. The van der Waals surface area contributed by atoms with Gasteiger partial charge >= 0.3 is 17.9 Å². The van der Waals surface area contributed by atoms with Crippen LogP contribution in [0.1, 0.15) is 58.3 Å². The Morgan fingerprint density at radius 2 is 1.61 bits per heavy atom. The van der Waals surface area contributed by atoms with E-state index in [1.54, 1.807) is 31.4 Å². The minimum Gasteiger partial charge on any atom is -0.493 e. The van der Waals surface area contributed by atoms with Gasteiger partial charge in [-0.3, -0.25) is 19.2 Å². The summed E-state index contributed by atoms with van der Waals surface area (Å²) < 4.78 is 26.6. The average Bonchev–Trinajstić information content (AvgIpc) is 2.94. The van der Waals surface area contributed by atoms with Crippen LogP contribution >= 0.6 is 0 Å². The van der Waals surface area contributed by atoms with Gasteiger partial charge in [0.15, 0.2) is 11.5 Å². The Morgan fingerprint density at radius 1 is 0.902 bits per heavy atom. The maximum absolute atomic E-state index is 13.2. The van der Waals surface area contributed by atoms with E-state index < -0.39 is 23.8 Å². The summed E-state index contributed by atoms with van der Waals surface area (Å²) in [6.07, 6.45) is 6.25. The van der Waals surface area contributed by atoms with Crippen LogP contribution in [-0.2, 0) is 19.1 Å². The minimum atomic E-state index is -0.791. The van der Waals surface area contributed by atoms with Gasteiger partial charge < -0.3 is 28.5 Å². The fourth-order valence-corrected chi connectivity index (χ4v) is 4.48. The van der Waals surface area contributed by atoms with Crippen molar-refractivity contribution < 1.29 is 42.9 Å². The number of ether oxygens (including phenoxy) is 4. The van der Waals surface area contributed by atoms with Crippen LogP contribution in [0.2, 0.25) is 0 Å². The van der Waals surface area contributed by atoms with E-state index in [-0.39, 0.29) is 34.3 Å². The predicted molar refractivity (Wildman–Crippen MR) is 151 cm³/mol. The van der Waals surface area contributed by atoms with Crippen molar-refractivity contribution in [3.8, 4) is 28.4 Å². The SMILES string of the molecule is COCCCC[C@@H](CCCCCC(=O)Oc1cc2occ(-c3ccc(OC(C)=O)cc3)c(=O)c2cc1OC)C(=O)O. The Labute approximate surface area is 238 Å². The number of hydrogen-bond donors (Lipinski definition) is 1. The lowest BCUT2D eigenvalue weighted by Crippen LogP contribution is -2.14. The molecule has 10 heteroatoms. The van der Waals surface area contributed by atoms with Crippen molar-refractivity contribution in [2.45, 2.75) is 58.3 Å². The largest absolute Gasteiger partial charge is 0.493 e. The fraction of sp³-hybridized carbons (Fsp3) is 0.419. The molecule has 0 aliphatic heterocycles. The van der Waals surface area contributed by atoms with Gasteiger partial charge in [0.1, 0.15) is 17.6 Å². The van der Waals surface area contributed by atoms with Crippen LogP contribution in [0, 0.1) is 5.92 Å². The lowest BCUT2D eigenvalue weighted by molar-refractivity contribution is -0.142. The molecule has 1 heterocycles. The summed E-state index contributed by atoms with van der Waals surface area (Å²) >= 11 is 0. The van der Waals surface area contributed by atoms with Crippen molar-refractivity contribution in [1.82, 2.24) is 0 Å². The molecule has 3 aromatic rings. The molecule has 1 aromatic heterocycles. The van der Waals surface area contributed by atoms with E-state index in [0.29, 0.717) is 55.6 Å². The maximum Gasteiger partial charge on any atom is 0.311 e. The number of rotatable bonds is 16. The molecule has 0 fully saturated rings. The summed E-state index contributed by atoms with van der Waals surface area (Å²) in [5, 5.41) is 9.68. The number of carbonyl (C=O) groups is 3. The van der Waals surface area contributed by atoms with Crippen molar-refractivity contribution in [3.05, 3.63) is 52.9 Å². The zero-order valence-corrected chi connectivity index (χ0v) is 23.6. The number of methoxy groups -OCH3 is 2. The maximum atomic E-state index is 13.2. The third-order valence-corrected chi connectivity index (χ3v) is 6.64. The van der Waals surface area contributed by atoms with Crippen LogP contribution in [0.15, 0.2) is 51.9 Å². The van der Waals surface area contributed by atoms with E-state index in [1.807, 2.05) is 0 Å². The van der Waals surface area contributed by atoms with Gasteiger partial charge in [-0.05, 0) is 49.4 Å². The summed E-state index contributed by atoms with van der Waals surface area (Å²) in [5.41, 5.74) is 0.802. The highest BCUT2D eigenvalue weighted by Crippen LogP contribution is 2.33. The van der Waals surface area contributed by atoms with Crippen LogP contribution in [0.5, 0.6) is 17.2 Å². The molecular weight excluding hydrogens is 532 g/mol. The summed E-state index contributed by atoms with van der Waals surface area (Å²) in [6, 6.07) is 9.38. The molecule has 0 aliphatic rings. The monoisotopic (exact) mass is 568 g/mol. The number of esters is 2. The van der Waals surface area contributed by atoms with Crippen molar-refractivity contribution in [2.24, 2.45) is 5.92 Å². The summed E-state index contributed by atoms with van der Waals surface area (Å²) in [7, 11) is 3.03. The van der Waals surface area contributed by atoms with Gasteiger partial charge in [0.05, 0.1) is 24.0 Å². The number of benzene rings is 2. The second kappa shape index (κ2) is 15.6. The summed E-state index contributed by atoms with van der Waals surface area (Å²) in [4.78, 5) is 48.4. The van der Waals surface area contributed by atoms with Crippen LogP contribution in [0.4, 0.5) is 0 Å². The third kappa shape index (κ3) is 9.18. The number of carboxylic acids is 1. The quantitative estimate of drug-likeness (QED) is 0.129. The van der Waals surface area contributed by atoms with E-state index >= 15 is 0 Å². The van der Waals surface area contributed by atoms with Gasteiger partial charge in [-0.2, -0.15) is 0 Å². The highest BCUT2D eigenvalue weighted by molar-refractivity contribution is 5.86. The molecule has 1 N–H and O–H groups in total. The van der Waals surface area contributed by atoms with E-state index in [1.165, 1.54) is 32.4 Å². The Bertz CT molecular complexity index is 1390. The standard InChI is InChI=1S/C31H36O10/c1-20(32)40-23-14-12-21(13-15-23)25-19-39-26-18-28(27(38-3)17-24(26)30(25)34)41-29(33)11-6-4-5-9-22(31(35)36)10-7-8-16-37-2/h12-15,17-19,22H,4-11,16H2,1-3H3,(H,35,36)/t22-/m1/s1. The Hall–Kier alpha value is -4.18. The van der Waals surface area contributed by atoms with Crippen LogP contribution in [0.3, 0.4) is 0 Å². The van der Waals surface area contributed by atoms with E-state index in [0.717, 1.165) is 12.8 Å². The topological polar surface area (TPSA) is 139 Å². The number of fused-ring (bicyclic) bond motifs is 1. The fourth-order valence-electron chi connectivity index (χ4n) is 4.48. The number of unbranched alkanes of at least 4 members (excludes halogenated alkanes) is 3. The first-order valence-corrected chi connectivity index (χ1v) is 13.6. The Balaban J connectivity index is 1.60. The molecule has 0 radical (unpaired) electrons. The van der Waals surface area contributed by atoms with Crippen LogP contribution in [0.25, 0.3) is 22.1 Å². The zero-order valence-electron chi connectivity index (χ0n) is 23.6. The number of aliphatic carboxylic acids is 1. The van der Waals surface area contributed by atoms with Crippen molar-refractivity contribution in [2.75, 3.05) is 20.8 Å². The summed E-state index contributed by atoms with van der Waals surface area (Å²) in [6.45, 7) is 1.93. The second-order valence-corrected chi connectivity index (χ2v) is 9.69. The highest BCUT2D eigenvalue weighted by atomic mass is 16.6. The molecule has 0 unspecified atom stereocenters. The van der Waals surface area contributed by atoms with Gasteiger partial charge in [0, 0.05) is 33.1 Å². The molecule has 220 valence electrons. The summed E-state index contributed by atoms with van der Waals surface area (Å²) in [5.74, 6) is -1.40. The molecule has 2 aromatic carbocycles. The minimum absolute atomic E-state index is 0.133. The van der Waals surface area contributed by atoms with Crippen LogP contribution in [-0.4, -0.2) is 43.8 Å². The second-order valence-electron chi connectivity index (χ2n) is 9.69. The van der Waals surface area contributed by atoms with Crippen molar-refractivity contribution in [1.29, 1.82) is 0 Å². The van der Waals surface area contributed by atoms with E-state index in [2.05, 4.69) is 0 Å². The van der Waals surface area contributed by atoms with Gasteiger partial charge in [-0.15, -0.1) is 0 Å². The molecule has 0 saturated heterocycles. The zero-order chi connectivity index (χ0) is 29.8. The van der Waals surface area contributed by atoms with Gasteiger partial charge in [0.25, 0.3) is 0 Å². The number of carboxylic acid groups (broad SMARTS) is 1. The average molecular weight is 569 g/mol. The molecule has 0 bridgehead atoms. The lowest BCUT2D eigenvalue weighted by atomic mass is 9.95. The normalized spacial score (nSPS) is 11.7. The van der Waals surface area contributed by atoms with Crippen molar-refractivity contribution in [3.63, 3.8) is 0 Å². The Kier molecular flexibility index (Phi) is 11.9. The van der Waals surface area contributed by atoms with E-state index in [4.69, 9.17) is 23.4 Å². The first kappa shape index (κ1) is 31.3. The number of carbonyl (C=O) groups excluding carboxylic acids is 2. The van der Waals surface area contributed by atoms with Gasteiger partial charge in [-0.1, -0.05) is 31.4 Å². The Morgan fingerprint density at radius 3 is 2.24 bits per heavy atom. The number of hydrogen-bond acceptors (Lipinski definition) is 9. The van der Waals surface area contributed by atoms with Crippen molar-refractivity contribution >= 4 is 28.9 Å². The molecule has 3 rings (SSSR count). The first-order chi connectivity index (χ1) is 19.7. The molecule has 0 saturated carbocycles. The molecular formula is C31H36O10. The first-order valence-electron chi connectivity index (χ1n) is 13.6. The molecule has 0 amide bonds. The van der Waals surface area contributed by atoms with E-state index in [9.17, 15) is 24.3 Å². The van der Waals surface area contributed by atoms with Crippen LogP contribution < -0.4 is 19.6 Å². The molecule has 41 heavy (non-hydrogen) atoms. The predicted octanol–water partition coefficient (Wildman–Crippen LogP) is 5.77. The molecule has 0 aliphatic carbocycles. The smallest absolute Gasteiger partial charge is 0.311 e. The lowest BCUT2D eigenvalue weighted by Gasteiger charge is -2.12. The molecule has 10 nitrogen and oxygen atoms in total. The third-order valence-electron chi connectivity index (χ3n) is 6.64. The molecule has 1 atom stereocenters. The van der Waals surface area contributed by atoms with Gasteiger partial charge in [-0.25, -0.2) is 0 Å². The van der Waals surface area contributed by atoms with Gasteiger partial charge in [0.2, 0.25) is 5.43 Å². The molecule has 0 spiro atoms.